The minimum absolute atomic E-state index is 0.380. The number of carbonyl (C=O) groups excluding carboxylic acids is 1. The molecular formula is C11H15ClN2O2. The van der Waals surface area contributed by atoms with E-state index in [-0.39, 0.29) is 11.9 Å². The monoisotopic (exact) mass is 242 g/mol. The number of rotatable bonds is 5. The van der Waals surface area contributed by atoms with Gasteiger partial charge in [-0.3, -0.25) is 4.79 Å². The zero-order valence-electron chi connectivity index (χ0n) is 9.29. The van der Waals surface area contributed by atoms with Gasteiger partial charge in [0.2, 0.25) is 5.91 Å². The Morgan fingerprint density at radius 1 is 1.62 bits per heavy atom. The molecule has 4 nitrogen and oxygen atoms in total. The highest BCUT2D eigenvalue weighted by Gasteiger charge is 2.12. The number of benzene rings is 1. The first-order valence-electron chi connectivity index (χ1n) is 4.97. The predicted octanol–water partition coefficient (Wildman–Crippen LogP) is 2.02. The molecule has 0 spiro atoms. The molecule has 0 aliphatic heterocycles. The molecule has 1 amide bonds. The van der Waals surface area contributed by atoms with E-state index in [2.05, 4.69) is 5.32 Å². The van der Waals surface area contributed by atoms with Crippen LogP contribution < -0.4 is 15.8 Å². The van der Waals surface area contributed by atoms with Crippen LogP contribution in [0.25, 0.3) is 0 Å². The zero-order chi connectivity index (χ0) is 12.1. The van der Waals surface area contributed by atoms with E-state index in [1.54, 1.807) is 25.3 Å². The Bertz CT molecular complexity index is 382. The van der Waals surface area contributed by atoms with Crippen molar-refractivity contribution in [1.29, 1.82) is 0 Å². The Labute approximate surface area is 99.7 Å². The smallest absolute Gasteiger partial charge is 0.239 e. The normalized spacial score (nSPS) is 11.9. The second kappa shape index (κ2) is 5.61. The Balaban J connectivity index is 2.81. The molecule has 16 heavy (non-hydrogen) atoms. The van der Waals surface area contributed by atoms with Gasteiger partial charge in [0.1, 0.15) is 11.8 Å². The van der Waals surface area contributed by atoms with E-state index in [4.69, 9.17) is 22.1 Å². The van der Waals surface area contributed by atoms with Crippen molar-refractivity contribution in [1.82, 2.24) is 0 Å². The molecule has 3 N–H and O–H groups in total. The molecule has 0 bridgehead atoms. The summed E-state index contributed by atoms with van der Waals surface area (Å²) in [6.45, 7) is 1.88. The standard InChI is InChI=1S/C11H15ClN2O2/c1-3-9(11(13)15)14-7-4-5-10(16-2)8(12)6-7/h4-6,9,14H,3H2,1-2H3,(H2,13,15). The van der Waals surface area contributed by atoms with Crippen LogP contribution >= 0.6 is 11.6 Å². The van der Waals surface area contributed by atoms with Gasteiger partial charge in [0.15, 0.2) is 0 Å². The number of hydrogen-bond donors (Lipinski definition) is 2. The maximum atomic E-state index is 11.0. The number of methoxy groups -OCH3 is 1. The highest BCUT2D eigenvalue weighted by molar-refractivity contribution is 6.32. The Morgan fingerprint density at radius 3 is 2.75 bits per heavy atom. The molecule has 1 aromatic carbocycles. The SMILES string of the molecule is CCC(Nc1ccc(OC)c(Cl)c1)C(N)=O. The van der Waals surface area contributed by atoms with E-state index >= 15 is 0 Å². The lowest BCUT2D eigenvalue weighted by atomic mass is 10.2. The summed E-state index contributed by atoms with van der Waals surface area (Å²) in [6.07, 6.45) is 0.624. The van der Waals surface area contributed by atoms with Crippen molar-refractivity contribution in [3.8, 4) is 5.75 Å². The quantitative estimate of drug-likeness (QED) is 0.830. The average molecular weight is 243 g/mol. The molecule has 5 heteroatoms. The van der Waals surface area contributed by atoms with Crippen molar-refractivity contribution < 1.29 is 9.53 Å². The molecule has 88 valence electrons. The van der Waals surface area contributed by atoms with Crippen LogP contribution in [0.3, 0.4) is 0 Å². The van der Waals surface area contributed by atoms with E-state index in [9.17, 15) is 4.79 Å². The number of ether oxygens (including phenoxy) is 1. The number of halogens is 1. The number of anilines is 1. The highest BCUT2D eigenvalue weighted by Crippen LogP contribution is 2.27. The zero-order valence-corrected chi connectivity index (χ0v) is 10.0. The summed E-state index contributed by atoms with van der Waals surface area (Å²) in [5.41, 5.74) is 5.98. The summed E-state index contributed by atoms with van der Waals surface area (Å²) in [5, 5.41) is 3.50. The molecule has 1 unspecified atom stereocenters. The van der Waals surface area contributed by atoms with Crippen molar-refractivity contribution >= 4 is 23.2 Å². The lowest BCUT2D eigenvalue weighted by Crippen LogP contribution is -2.34. The summed E-state index contributed by atoms with van der Waals surface area (Å²) in [7, 11) is 1.55. The Morgan fingerprint density at radius 2 is 2.31 bits per heavy atom. The van der Waals surface area contributed by atoms with Crippen molar-refractivity contribution in [3.63, 3.8) is 0 Å². The highest BCUT2D eigenvalue weighted by atomic mass is 35.5. The number of nitrogens with one attached hydrogen (secondary N) is 1. The maximum Gasteiger partial charge on any atom is 0.239 e. The van der Waals surface area contributed by atoms with Crippen molar-refractivity contribution in [2.24, 2.45) is 5.73 Å². The van der Waals surface area contributed by atoms with E-state index < -0.39 is 0 Å². The first-order chi connectivity index (χ1) is 7.58. The van der Waals surface area contributed by atoms with Gasteiger partial charge in [-0.15, -0.1) is 0 Å². The second-order valence-corrected chi connectivity index (χ2v) is 3.76. The van der Waals surface area contributed by atoms with Gasteiger partial charge in [-0.1, -0.05) is 18.5 Å². The molecule has 0 aromatic heterocycles. The van der Waals surface area contributed by atoms with Gasteiger partial charge in [0.05, 0.1) is 12.1 Å². The van der Waals surface area contributed by atoms with Crippen LogP contribution in [0.15, 0.2) is 18.2 Å². The lowest BCUT2D eigenvalue weighted by molar-refractivity contribution is -0.118. The predicted molar refractivity (Wildman–Crippen MR) is 64.9 cm³/mol. The van der Waals surface area contributed by atoms with Crippen molar-refractivity contribution in [2.75, 3.05) is 12.4 Å². The van der Waals surface area contributed by atoms with Crippen molar-refractivity contribution in [2.45, 2.75) is 19.4 Å². The van der Waals surface area contributed by atoms with Crippen LogP contribution in [-0.4, -0.2) is 19.1 Å². The van der Waals surface area contributed by atoms with Crippen molar-refractivity contribution in [3.05, 3.63) is 23.2 Å². The molecule has 0 aliphatic rings. The Hall–Kier alpha value is -1.42. The molecule has 0 radical (unpaired) electrons. The number of hydrogen-bond acceptors (Lipinski definition) is 3. The summed E-state index contributed by atoms with van der Waals surface area (Å²) >= 11 is 5.95. The molecule has 1 atom stereocenters. The molecule has 0 fully saturated rings. The fraction of sp³-hybridized carbons (Fsp3) is 0.364. The summed E-state index contributed by atoms with van der Waals surface area (Å²) < 4.78 is 5.03. The fourth-order valence-corrected chi connectivity index (χ4v) is 1.59. The van der Waals surface area contributed by atoms with Gasteiger partial charge in [-0.25, -0.2) is 0 Å². The van der Waals surface area contributed by atoms with E-state index in [0.717, 1.165) is 5.69 Å². The number of nitrogens with two attached hydrogens (primary N) is 1. The van der Waals surface area contributed by atoms with Gasteiger partial charge in [0, 0.05) is 5.69 Å². The van der Waals surface area contributed by atoms with Crippen LogP contribution in [-0.2, 0) is 4.79 Å². The molecule has 0 aliphatic carbocycles. The molecule has 1 rings (SSSR count). The third kappa shape index (κ3) is 3.03. The van der Waals surface area contributed by atoms with Gasteiger partial charge in [-0.05, 0) is 24.6 Å². The second-order valence-electron chi connectivity index (χ2n) is 3.36. The molecular weight excluding hydrogens is 228 g/mol. The van der Waals surface area contributed by atoms with Gasteiger partial charge < -0.3 is 15.8 Å². The number of amides is 1. The van der Waals surface area contributed by atoms with E-state index in [1.807, 2.05) is 6.92 Å². The van der Waals surface area contributed by atoms with Crippen LogP contribution in [0.4, 0.5) is 5.69 Å². The number of carbonyl (C=O) groups is 1. The van der Waals surface area contributed by atoms with Crippen LogP contribution in [0, 0.1) is 0 Å². The average Bonchev–Trinajstić information content (AvgIpc) is 2.25. The van der Waals surface area contributed by atoms with Crippen LogP contribution in [0.1, 0.15) is 13.3 Å². The molecule has 0 saturated carbocycles. The van der Waals surface area contributed by atoms with Crippen LogP contribution in [0.5, 0.6) is 5.75 Å². The van der Waals surface area contributed by atoms with Gasteiger partial charge in [0.25, 0.3) is 0 Å². The summed E-state index contributed by atoms with van der Waals surface area (Å²) in [4.78, 5) is 11.0. The van der Waals surface area contributed by atoms with Gasteiger partial charge in [-0.2, -0.15) is 0 Å². The van der Waals surface area contributed by atoms with Crippen LogP contribution in [0.2, 0.25) is 5.02 Å². The largest absolute Gasteiger partial charge is 0.495 e. The van der Waals surface area contributed by atoms with E-state index in [1.165, 1.54) is 0 Å². The summed E-state index contributed by atoms with van der Waals surface area (Å²) in [6, 6.07) is 4.84. The fourth-order valence-electron chi connectivity index (χ4n) is 1.33. The minimum Gasteiger partial charge on any atom is -0.495 e. The molecule has 0 heterocycles. The topological polar surface area (TPSA) is 64.3 Å². The van der Waals surface area contributed by atoms with Gasteiger partial charge >= 0.3 is 0 Å². The third-order valence-corrected chi connectivity index (χ3v) is 2.54. The van der Waals surface area contributed by atoms with E-state index in [0.29, 0.717) is 17.2 Å². The number of primary amides is 1. The molecule has 0 saturated heterocycles. The minimum atomic E-state index is -0.385. The summed E-state index contributed by atoms with van der Waals surface area (Å²) in [5.74, 6) is 0.216. The third-order valence-electron chi connectivity index (χ3n) is 2.24. The lowest BCUT2D eigenvalue weighted by Gasteiger charge is -2.15. The molecule has 1 aromatic rings. The Kier molecular flexibility index (Phi) is 4.43. The first kappa shape index (κ1) is 12.6. The first-order valence-corrected chi connectivity index (χ1v) is 5.35. The maximum absolute atomic E-state index is 11.0.